The van der Waals surface area contributed by atoms with Crippen LogP contribution in [0.15, 0.2) is 207 Å². The standard InChI is InChI=1S/C57H36N6/c1-5-25-58-50(9-1)38-15-21-54-46(30-38)47-31-39(51-10-2-6-26-59-51)16-22-55(47)62(54)42-19-13-36-29-37-14-20-43(35-45(37)44(36)34-42)63-56-23-17-40(52-11-3-7-27-60-52)32-48(56)49-33-41(18-24-57(49)63)53-12-4-8-28-61-53/h1-28,30-35H,29H2. The maximum absolute atomic E-state index is 4.69. The second kappa shape index (κ2) is 14.0. The van der Waals surface area contributed by atoms with E-state index in [-0.39, 0.29) is 0 Å². The normalized spacial score (nSPS) is 12.1. The lowest BCUT2D eigenvalue weighted by Crippen LogP contribution is -1.96. The van der Waals surface area contributed by atoms with Gasteiger partial charge in [0.2, 0.25) is 0 Å². The Morgan fingerprint density at radius 1 is 0.302 bits per heavy atom. The van der Waals surface area contributed by atoms with E-state index in [2.05, 4.69) is 143 Å². The zero-order chi connectivity index (χ0) is 41.4. The van der Waals surface area contributed by atoms with Crippen molar-refractivity contribution < 1.29 is 0 Å². The van der Waals surface area contributed by atoms with E-state index in [1.807, 2.05) is 73.3 Å². The highest BCUT2D eigenvalue weighted by molar-refractivity contribution is 6.13. The van der Waals surface area contributed by atoms with Gasteiger partial charge in [0.1, 0.15) is 0 Å². The number of benzene rings is 6. The fourth-order valence-corrected chi connectivity index (χ4v) is 9.80. The van der Waals surface area contributed by atoms with Gasteiger partial charge in [0.05, 0.1) is 44.8 Å². The van der Waals surface area contributed by atoms with Crippen molar-refractivity contribution >= 4 is 43.6 Å². The minimum Gasteiger partial charge on any atom is -0.309 e. The van der Waals surface area contributed by atoms with E-state index in [1.54, 1.807) is 0 Å². The van der Waals surface area contributed by atoms with Crippen LogP contribution in [0.25, 0.3) is 111 Å². The van der Waals surface area contributed by atoms with E-state index in [0.29, 0.717) is 0 Å². The SMILES string of the molecule is c1ccc(-c2ccc3c(c2)c2cc(-c4ccccn4)ccc2n3-c2ccc3c(c2)-c2cc(-n4c5ccc(-c6ccccn6)cc5c5cc(-c6ccccn6)ccc54)ccc2C3)nc1. The molecule has 0 saturated heterocycles. The van der Waals surface area contributed by atoms with Crippen molar-refractivity contribution in [1.82, 2.24) is 29.1 Å². The van der Waals surface area contributed by atoms with Crippen LogP contribution < -0.4 is 0 Å². The zero-order valence-corrected chi connectivity index (χ0v) is 34.0. The smallest absolute Gasteiger partial charge is 0.0702 e. The van der Waals surface area contributed by atoms with E-state index in [0.717, 1.165) is 84.9 Å². The van der Waals surface area contributed by atoms with Crippen LogP contribution in [0.3, 0.4) is 0 Å². The van der Waals surface area contributed by atoms with Gasteiger partial charge in [-0.2, -0.15) is 0 Å². The van der Waals surface area contributed by atoms with Gasteiger partial charge in [0, 0.05) is 80.0 Å². The maximum atomic E-state index is 4.69. The number of hydrogen-bond donors (Lipinski definition) is 0. The number of aromatic nitrogens is 6. The Bertz CT molecular complexity index is 3300. The average Bonchev–Trinajstić information content (AvgIpc) is 4.01. The molecule has 0 fully saturated rings. The topological polar surface area (TPSA) is 61.4 Å². The third kappa shape index (κ3) is 5.73. The maximum Gasteiger partial charge on any atom is 0.0702 e. The van der Waals surface area contributed by atoms with Crippen LogP contribution in [0.5, 0.6) is 0 Å². The van der Waals surface area contributed by atoms with Gasteiger partial charge in [-0.1, -0.05) is 60.7 Å². The molecule has 0 saturated carbocycles. The van der Waals surface area contributed by atoms with Gasteiger partial charge in [-0.3, -0.25) is 19.9 Å². The summed E-state index contributed by atoms with van der Waals surface area (Å²) in [4.78, 5) is 18.8. The molecule has 0 aliphatic heterocycles. The molecule has 6 nitrogen and oxygen atoms in total. The Morgan fingerprint density at radius 3 is 0.905 bits per heavy atom. The minimum absolute atomic E-state index is 0.896. The molecule has 0 spiro atoms. The fraction of sp³-hybridized carbons (Fsp3) is 0.0175. The molecule has 0 unspecified atom stereocenters. The average molecular weight is 805 g/mol. The van der Waals surface area contributed by atoms with E-state index in [9.17, 15) is 0 Å². The monoisotopic (exact) mass is 804 g/mol. The van der Waals surface area contributed by atoms with Crippen molar-refractivity contribution in [3.05, 3.63) is 218 Å². The van der Waals surface area contributed by atoms with Crippen molar-refractivity contribution in [2.45, 2.75) is 6.42 Å². The lowest BCUT2D eigenvalue weighted by atomic mass is 10.0. The van der Waals surface area contributed by atoms with Crippen molar-refractivity contribution in [3.8, 4) is 67.5 Å². The van der Waals surface area contributed by atoms with E-state index >= 15 is 0 Å². The number of hydrogen-bond acceptors (Lipinski definition) is 4. The van der Waals surface area contributed by atoms with Crippen LogP contribution in [-0.4, -0.2) is 29.1 Å². The van der Waals surface area contributed by atoms with Crippen LogP contribution >= 0.6 is 0 Å². The van der Waals surface area contributed by atoms with Gasteiger partial charge < -0.3 is 9.13 Å². The van der Waals surface area contributed by atoms with Gasteiger partial charge in [-0.25, -0.2) is 0 Å². The van der Waals surface area contributed by atoms with Crippen LogP contribution in [-0.2, 0) is 6.42 Å². The Labute approximate surface area is 363 Å². The summed E-state index contributed by atoms with van der Waals surface area (Å²) in [5.74, 6) is 0. The second-order valence-corrected chi connectivity index (χ2v) is 16.3. The summed E-state index contributed by atoms with van der Waals surface area (Å²) < 4.78 is 4.84. The zero-order valence-electron chi connectivity index (χ0n) is 34.0. The molecule has 12 aromatic rings. The molecule has 6 aromatic carbocycles. The molecule has 294 valence electrons. The summed E-state index contributed by atoms with van der Waals surface area (Å²) in [6.07, 6.45) is 8.32. The number of rotatable bonds is 6. The Morgan fingerprint density at radius 2 is 0.619 bits per heavy atom. The lowest BCUT2D eigenvalue weighted by Gasteiger charge is -2.13. The molecule has 1 aliphatic rings. The van der Waals surface area contributed by atoms with Crippen LogP contribution in [0.4, 0.5) is 0 Å². The highest BCUT2D eigenvalue weighted by Gasteiger charge is 2.23. The minimum atomic E-state index is 0.896. The third-order valence-electron chi connectivity index (χ3n) is 12.7. The summed E-state index contributed by atoms with van der Waals surface area (Å²) in [6.45, 7) is 0. The summed E-state index contributed by atoms with van der Waals surface area (Å²) in [5.41, 5.74) is 20.2. The van der Waals surface area contributed by atoms with Gasteiger partial charge in [-0.05, 0) is 150 Å². The molecule has 0 N–H and O–H groups in total. The van der Waals surface area contributed by atoms with E-state index in [4.69, 9.17) is 19.9 Å². The van der Waals surface area contributed by atoms with Gasteiger partial charge in [0.25, 0.3) is 0 Å². The molecule has 0 bridgehead atoms. The van der Waals surface area contributed by atoms with Gasteiger partial charge in [0.15, 0.2) is 0 Å². The molecule has 0 amide bonds. The Balaban J connectivity index is 0.976. The van der Waals surface area contributed by atoms with Crippen molar-refractivity contribution in [3.63, 3.8) is 0 Å². The Kier molecular flexibility index (Phi) is 7.87. The molecular weight excluding hydrogens is 769 g/mol. The largest absolute Gasteiger partial charge is 0.309 e. The van der Waals surface area contributed by atoms with E-state index < -0.39 is 0 Å². The molecule has 0 radical (unpaired) electrons. The van der Waals surface area contributed by atoms with Crippen LogP contribution in [0.2, 0.25) is 0 Å². The first kappa shape index (κ1) is 35.3. The van der Waals surface area contributed by atoms with Crippen molar-refractivity contribution in [2.75, 3.05) is 0 Å². The third-order valence-corrected chi connectivity index (χ3v) is 12.7. The molecule has 63 heavy (non-hydrogen) atoms. The number of nitrogens with zero attached hydrogens (tertiary/aromatic N) is 6. The molecule has 13 rings (SSSR count). The first-order valence-electron chi connectivity index (χ1n) is 21.3. The summed E-state index contributed by atoms with van der Waals surface area (Å²) in [5, 5.41) is 4.71. The summed E-state index contributed by atoms with van der Waals surface area (Å²) >= 11 is 0. The van der Waals surface area contributed by atoms with Crippen LogP contribution in [0, 0.1) is 0 Å². The summed E-state index contributed by atoms with van der Waals surface area (Å²) in [6, 6.07) is 65.3. The van der Waals surface area contributed by atoms with Gasteiger partial charge >= 0.3 is 0 Å². The molecule has 6 aromatic heterocycles. The highest BCUT2D eigenvalue weighted by Crippen LogP contribution is 2.44. The van der Waals surface area contributed by atoms with Crippen molar-refractivity contribution in [1.29, 1.82) is 0 Å². The highest BCUT2D eigenvalue weighted by atomic mass is 15.0. The number of pyridine rings is 4. The summed E-state index contributed by atoms with van der Waals surface area (Å²) in [7, 11) is 0. The first-order valence-corrected chi connectivity index (χ1v) is 21.3. The molecular formula is C57H36N6. The van der Waals surface area contributed by atoms with Crippen molar-refractivity contribution in [2.24, 2.45) is 0 Å². The predicted molar refractivity (Wildman–Crippen MR) is 256 cm³/mol. The quantitative estimate of drug-likeness (QED) is 0.168. The number of fused-ring (bicyclic) bond motifs is 9. The molecule has 6 heterocycles. The Hall–Kier alpha value is -8.48. The van der Waals surface area contributed by atoms with Crippen LogP contribution in [0.1, 0.15) is 11.1 Å². The second-order valence-electron chi connectivity index (χ2n) is 16.3. The van der Waals surface area contributed by atoms with Gasteiger partial charge in [-0.15, -0.1) is 0 Å². The first-order chi connectivity index (χ1) is 31.2. The molecule has 0 atom stereocenters. The molecule has 1 aliphatic carbocycles. The molecule has 6 heteroatoms. The fourth-order valence-electron chi connectivity index (χ4n) is 9.80. The van der Waals surface area contributed by atoms with E-state index in [1.165, 1.54) is 43.8 Å². The predicted octanol–water partition coefficient (Wildman–Crippen LogP) is 13.7. The lowest BCUT2D eigenvalue weighted by molar-refractivity contribution is 1.17.